The van der Waals surface area contributed by atoms with Gasteiger partial charge in [-0.3, -0.25) is 4.79 Å². The van der Waals surface area contributed by atoms with E-state index in [1.165, 1.54) is 6.07 Å². The number of aryl methyl sites for hydroxylation is 1. The largest absolute Gasteiger partial charge is 0.354 e. The van der Waals surface area contributed by atoms with Crippen molar-refractivity contribution in [2.24, 2.45) is 18.7 Å². The molecule has 0 bridgehead atoms. The average Bonchev–Trinajstić information content (AvgIpc) is 2.77. The van der Waals surface area contributed by atoms with Crippen LogP contribution >= 0.6 is 24.8 Å². The molecule has 8 heteroatoms. The van der Waals surface area contributed by atoms with Gasteiger partial charge in [-0.1, -0.05) is 19.9 Å². The molecule has 2 rings (SSSR count). The monoisotopic (exact) mass is 378 g/mol. The molecule has 0 unspecified atom stereocenters. The Labute approximate surface area is 154 Å². The van der Waals surface area contributed by atoms with E-state index in [2.05, 4.69) is 10.3 Å². The van der Waals surface area contributed by atoms with Gasteiger partial charge in [-0.25, -0.2) is 9.37 Å². The minimum Gasteiger partial charge on any atom is -0.354 e. The molecule has 0 fully saturated rings. The van der Waals surface area contributed by atoms with Crippen molar-refractivity contribution in [1.29, 1.82) is 0 Å². The van der Waals surface area contributed by atoms with Crippen molar-refractivity contribution < 1.29 is 9.18 Å². The van der Waals surface area contributed by atoms with Gasteiger partial charge in [0, 0.05) is 20.0 Å². The summed E-state index contributed by atoms with van der Waals surface area (Å²) in [6, 6.07) is 4.39. The maximum Gasteiger partial charge on any atom is 0.236 e. The smallest absolute Gasteiger partial charge is 0.236 e. The van der Waals surface area contributed by atoms with Gasteiger partial charge in [-0.05, 0) is 24.5 Å². The van der Waals surface area contributed by atoms with E-state index in [4.69, 9.17) is 5.73 Å². The lowest BCUT2D eigenvalue weighted by Crippen LogP contribution is -2.42. The SMILES string of the molecule is CC(C)C[C@H](N)C(=O)NCCc1nc2c(F)cccc2n1C.Cl.Cl. The Hall–Kier alpha value is -1.37. The lowest BCUT2D eigenvalue weighted by Gasteiger charge is -2.14. The molecule has 1 amide bonds. The van der Waals surface area contributed by atoms with Crippen LogP contribution in [0.3, 0.4) is 0 Å². The van der Waals surface area contributed by atoms with Gasteiger partial charge < -0.3 is 15.6 Å². The van der Waals surface area contributed by atoms with Gasteiger partial charge >= 0.3 is 0 Å². The van der Waals surface area contributed by atoms with Gasteiger partial charge in [0.2, 0.25) is 5.91 Å². The molecule has 0 saturated carbocycles. The molecule has 0 aliphatic carbocycles. The summed E-state index contributed by atoms with van der Waals surface area (Å²) in [7, 11) is 1.84. The van der Waals surface area contributed by atoms with Crippen molar-refractivity contribution in [2.75, 3.05) is 6.54 Å². The first-order valence-corrected chi connectivity index (χ1v) is 7.53. The van der Waals surface area contributed by atoms with Crippen LogP contribution in [0.15, 0.2) is 18.2 Å². The fourth-order valence-electron chi connectivity index (χ4n) is 2.50. The van der Waals surface area contributed by atoms with Crippen LogP contribution in [0.4, 0.5) is 4.39 Å². The lowest BCUT2D eigenvalue weighted by atomic mass is 10.0. The van der Waals surface area contributed by atoms with Gasteiger partial charge in [0.15, 0.2) is 5.82 Å². The molecule has 0 aliphatic rings. The second-order valence-corrected chi connectivity index (χ2v) is 5.97. The number of benzene rings is 1. The van der Waals surface area contributed by atoms with Gasteiger partial charge in [0.25, 0.3) is 0 Å². The second kappa shape index (κ2) is 9.81. The number of nitrogens with two attached hydrogens (primary N) is 1. The highest BCUT2D eigenvalue weighted by Crippen LogP contribution is 2.17. The van der Waals surface area contributed by atoms with E-state index in [0.29, 0.717) is 30.8 Å². The third-order valence-corrected chi connectivity index (χ3v) is 3.66. The van der Waals surface area contributed by atoms with E-state index in [1.807, 2.05) is 31.5 Å². The first kappa shape index (κ1) is 22.6. The third kappa shape index (κ3) is 5.33. The molecule has 5 nitrogen and oxygen atoms in total. The fraction of sp³-hybridized carbons (Fsp3) is 0.500. The van der Waals surface area contributed by atoms with Crippen LogP contribution in [0.2, 0.25) is 0 Å². The standard InChI is InChI=1S/C16H23FN4O.2ClH/c1-10(2)9-12(18)16(22)19-8-7-14-20-15-11(17)5-4-6-13(15)21(14)3;;/h4-6,10,12H,7-9,18H2,1-3H3,(H,19,22);2*1H/t12-;;/m0../s1. The molecular formula is C16H25Cl2FN4O. The Bertz CT molecular complexity index is 675. The molecule has 1 heterocycles. The molecule has 0 aliphatic heterocycles. The number of aromatic nitrogens is 2. The van der Waals surface area contributed by atoms with E-state index in [9.17, 15) is 9.18 Å². The van der Waals surface area contributed by atoms with Gasteiger partial charge in [0.05, 0.1) is 11.6 Å². The number of hydrogen-bond donors (Lipinski definition) is 2. The zero-order valence-electron chi connectivity index (χ0n) is 14.1. The number of fused-ring (bicyclic) bond motifs is 1. The highest BCUT2D eigenvalue weighted by Gasteiger charge is 2.15. The molecule has 0 radical (unpaired) electrons. The molecule has 1 aromatic heterocycles. The molecule has 0 saturated heterocycles. The Kier molecular flexibility index (Phi) is 9.25. The van der Waals surface area contributed by atoms with Crippen LogP contribution in [0.5, 0.6) is 0 Å². The molecule has 1 aromatic carbocycles. The average molecular weight is 379 g/mol. The van der Waals surface area contributed by atoms with Crippen molar-refractivity contribution in [1.82, 2.24) is 14.9 Å². The highest BCUT2D eigenvalue weighted by atomic mass is 35.5. The van der Waals surface area contributed by atoms with E-state index in [0.717, 1.165) is 11.3 Å². The third-order valence-electron chi connectivity index (χ3n) is 3.66. The van der Waals surface area contributed by atoms with Crippen molar-refractivity contribution in [3.05, 3.63) is 29.8 Å². The molecule has 0 spiro atoms. The van der Waals surface area contributed by atoms with Crippen LogP contribution in [0, 0.1) is 11.7 Å². The predicted molar refractivity (Wildman–Crippen MR) is 99.3 cm³/mol. The Morgan fingerprint density at radius 3 is 2.62 bits per heavy atom. The summed E-state index contributed by atoms with van der Waals surface area (Å²) in [6.45, 7) is 4.49. The molecule has 24 heavy (non-hydrogen) atoms. The van der Waals surface area contributed by atoms with Gasteiger partial charge in [-0.15, -0.1) is 24.8 Å². The molecule has 2 aromatic rings. The van der Waals surface area contributed by atoms with E-state index < -0.39 is 6.04 Å². The zero-order valence-corrected chi connectivity index (χ0v) is 15.7. The zero-order chi connectivity index (χ0) is 16.3. The minimum absolute atomic E-state index is 0. The minimum atomic E-state index is -0.488. The summed E-state index contributed by atoms with van der Waals surface area (Å²) in [5.74, 6) is 0.627. The number of amides is 1. The van der Waals surface area contributed by atoms with Crippen LogP contribution in [-0.2, 0) is 18.3 Å². The summed E-state index contributed by atoms with van der Waals surface area (Å²) in [5, 5.41) is 2.81. The van der Waals surface area contributed by atoms with E-state index >= 15 is 0 Å². The summed E-state index contributed by atoms with van der Waals surface area (Å²) in [6.07, 6.45) is 1.19. The quantitative estimate of drug-likeness (QED) is 0.810. The number of nitrogens with one attached hydrogen (secondary N) is 1. The number of carbonyl (C=O) groups is 1. The van der Waals surface area contributed by atoms with Gasteiger partial charge in [0.1, 0.15) is 11.3 Å². The van der Waals surface area contributed by atoms with Crippen LogP contribution < -0.4 is 11.1 Å². The number of halogens is 3. The number of nitrogens with zero attached hydrogens (tertiary/aromatic N) is 2. The predicted octanol–water partition coefficient (Wildman–Crippen LogP) is 2.59. The van der Waals surface area contributed by atoms with Crippen LogP contribution in [0.1, 0.15) is 26.1 Å². The van der Waals surface area contributed by atoms with E-state index in [1.54, 1.807) is 6.07 Å². The fourth-order valence-corrected chi connectivity index (χ4v) is 2.50. The number of imidazole rings is 1. The van der Waals surface area contributed by atoms with Crippen molar-refractivity contribution in [2.45, 2.75) is 32.7 Å². The Morgan fingerprint density at radius 1 is 1.38 bits per heavy atom. The maximum atomic E-state index is 13.7. The lowest BCUT2D eigenvalue weighted by molar-refractivity contribution is -0.122. The summed E-state index contributed by atoms with van der Waals surface area (Å²) < 4.78 is 15.5. The summed E-state index contributed by atoms with van der Waals surface area (Å²) >= 11 is 0. The molecule has 3 N–H and O–H groups in total. The first-order valence-electron chi connectivity index (χ1n) is 7.53. The molecule has 136 valence electrons. The maximum absolute atomic E-state index is 13.7. The second-order valence-electron chi connectivity index (χ2n) is 5.97. The van der Waals surface area contributed by atoms with E-state index in [-0.39, 0.29) is 36.5 Å². The van der Waals surface area contributed by atoms with Crippen LogP contribution in [0.25, 0.3) is 11.0 Å². The normalized spacial score (nSPS) is 11.8. The van der Waals surface area contributed by atoms with Crippen molar-refractivity contribution >= 4 is 41.8 Å². The first-order chi connectivity index (χ1) is 10.4. The van der Waals surface area contributed by atoms with Crippen LogP contribution in [-0.4, -0.2) is 28.0 Å². The number of carbonyl (C=O) groups excluding carboxylic acids is 1. The Balaban J connectivity index is 0.00000264. The van der Waals surface area contributed by atoms with Crippen molar-refractivity contribution in [3.8, 4) is 0 Å². The Morgan fingerprint density at radius 2 is 2.04 bits per heavy atom. The molecule has 1 atom stereocenters. The number of para-hydroxylation sites is 1. The topological polar surface area (TPSA) is 72.9 Å². The number of rotatable bonds is 6. The highest BCUT2D eigenvalue weighted by molar-refractivity contribution is 5.85. The molecular weight excluding hydrogens is 354 g/mol. The van der Waals surface area contributed by atoms with Gasteiger partial charge in [-0.2, -0.15) is 0 Å². The number of hydrogen-bond acceptors (Lipinski definition) is 3. The summed E-state index contributed by atoms with van der Waals surface area (Å²) in [5.41, 5.74) is 6.94. The summed E-state index contributed by atoms with van der Waals surface area (Å²) in [4.78, 5) is 16.2. The van der Waals surface area contributed by atoms with Crippen molar-refractivity contribution in [3.63, 3.8) is 0 Å².